The Labute approximate surface area is 214 Å². The van der Waals surface area contributed by atoms with E-state index >= 15 is 0 Å². The van der Waals surface area contributed by atoms with E-state index in [2.05, 4.69) is 16.4 Å². The van der Waals surface area contributed by atoms with Crippen molar-refractivity contribution in [3.05, 3.63) is 107 Å². The first-order chi connectivity index (χ1) is 18.0. The average Bonchev–Trinajstić information content (AvgIpc) is 3.35. The van der Waals surface area contributed by atoms with Crippen molar-refractivity contribution in [2.75, 3.05) is 6.54 Å². The van der Waals surface area contributed by atoms with E-state index in [1.165, 1.54) is 12.5 Å². The molecule has 0 radical (unpaired) electrons. The third-order valence-electron chi connectivity index (χ3n) is 6.76. The number of fused-ring (bicyclic) bond motifs is 1. The predicted octanol–water partition coefficient (Wildman–Crippen LogP) is 4.84. The molecule has 8 heteroatoms. The van der Waals surface area contributed by atoms with Gasteiger partial charge in [-0.05, 0) is 67.1 Å². The van der Waals surface area contributed by atoms with E-state index in [4.69, 9.17) is 13.6 Å². The molecule has 1 N–H and O–H groups in total. The number of furan rings is 1. The maximum Gasteiger partial charge on any atom is 0.290 e. The van der Waals surface area contributed by atoms with Crippen molar-refractivity contribution in [1.29, 1.82) is 0 Å². The van der Waals surface area contributed by atoms with E-state index in [9.17, 15) is 9.59 Å². The molecule has 2 aromatic heterocycles. The standard InChI is InChI=1S/C29H27N3O5/c1-18-4-2-5-20(14-18)27-23-15-22(36-17-26-31-24(16-37-26)28(33)30-21-8-9-21)10-7-19(23)11-12-32(27)29(34)25-6-3-13-35-25/h2-7,10,13-16,21,27H,8-9,11-12,17H2,1H3,(H,30,33). The van der Waals surface area contributed by atoms with Crippen molar-refractivity contribution in [2.24, 2.45) is 0 Å². The van der Waals surface area contributed by atoms with E-state index in [1.807, 2.05) is 48.2 Å². The molecule has 1 aliphatic carbocycles. The summed E-state index contributed by atoms with van der Waals surface area (Å²) in [5.74, 6) is 0.896. The predicted molar refractivity (Wildman–Crippen MR) is 134 cm³/mol. The molecule has 2 aliphatic rings. The Bertz CT molecular complexity index is 1440. The van der Waals surface area contributed by atoms with E-state index in [1.54, 1.807) is 12.1 Å². The van der Waals surface area contributed by atoms with Crippen molar-refractivity contribution < 1.29 is 23.2 Å². The molecule has 0 bridgehead atoms. The summed E-state index contributed by atoms with van der Waals surface area (Å²) in [5, 5.41) is 2.90. The van der Waals surface area contributed by atoms with Crippen LogP contribution in [0.25, 0.3) is 0 Å². The summed E-state index contributed by atoms with van der Waals surface area (Å²) >= 11 is 0. The number of ether oxygens (including phenoxy) is 1. The molecule has 1 atom stereocenters. The Hall–Kier alpha value is -4.33. The minimum atomic E-state index is -0.288. The summed E-state index contributed by atoms with van der Waals surface area (Å²) < 4.78 is 16.9. The van der Waals surface area contributed by atoms with Crippen LogP contribution in [0.15, 0.2) is 76.0 Å². The Kier molecular flexibility index (Phi) is 6.00. The van der Waals surface area contributed by atoms with Gasteiger partial charge in [-0.2, -0.15) is 0 Å². The number of benzene rings is 2. The third-order valence-corrected chi connectivity index (χ3v) is 6.76. The van der Waals surface area contributed by atoms with E-state index in [0.29, 0.717) is 23.9 Å². The smallest absolute Gasteiger partial charge is 0.290 e. The van der Waals surface area contributed by atoms with Gasteiger partial charge in [0.15, 0.2) is 18.1 Å². The number of carbonyl (C=O) groups is 2. The van der Waals surface area contributed by atoms with Crippen LogP contribution in [0.5, 0.6) is 5.75 Å². The van der Waals surface area contributed by atoms with Gasteiger partial charge in [0, 0.05) is 12.6 Å². The maximum absolute atomic E-state index is 13.4. The highest BCUT2D eigenvalue weighted by atomic mass is 16.5. The van der Waals surface area contributed by atoms with Crippen molar-refractivity contribution in [2.45, 2.75) is 44.9 Å². The van der Waals surface area contributed by atoms with Crippen molar-refractivity contribution in [3.8, 4) is 5.75 Å². The molecule has 1 unspecified atom stereocenters. The first-order valence-corrected chi connectivity index (χ1v) is 12.5. The van der Waals surface area contributed by atoms with Gasteiger partial charge in [0.1, 0.15) is 12.0 Å². The lowest BCUT2D eigenvalue weighted by molar-refractivity contribution is 0.0661. The number of nitrogens with zero attached hydrogens (tertiary/aromatic N) is 2. The van der Waals surface area contributed by atoms with Gasteiger partial charge >= 0.3 is 0 Å². The second kappa shape index (κ2) is 9.61. The second-order valence-electron chi connectivity index (χ2n) is 9.57. The number of hydrogen-bond acceptors (Lipinski definition) is 6. The number of hydrogen-bond donors (Lipinski definition) is 1. The molecule has 2 amide bonds. The molecule has 2 aromatic carbocycles. The van der Waals surface area contributed by atoms with E-state index < -0.39 is 0 Å². The van der Waals surface area contributed by atoms with Gasteiger partial charge in [-0.15, -0.1) is 0 Å². The van der Waals surface area contributed by atoms with Gasteiger partial charge in [0.05, 0.1) is 12.3 Å². The first kappa shape index (κ1) is 23.1. The van der Waals surface area contributed by atoms with E-state index in [0.717, 1.165) is 41.5 Å². The van der Waals surface area contributed by atoms with Crippen LogP contribution in [-0.2, 0) is 13.0 Å². The molecule has 1 saturated carbocycles. The van der Waals surface area contributed by atoms with Gasteiger partial charge in [-0.25, -0.2) is 4.98 Å². The highest BCUT2D eigenvalue weighted by molar-refractivity contribution is 5.92. The molecule has 0 saturated heterocycles. The minimum Gasteiger partial charge on any atom is -0.484 e. The quantitative estimate of drug-likeness (QED) is 0.393. The fourth-order valence-electron chi connectivity index (χ4n) is 4.76. The summed E-state index contributed by atoms with van der Waals surface area (Å²) in [4.78, 5) is 31.7. The second-order valence-corrected chi connectivity index (χ2v) is 9.57. The van der Waals surface area contributed by atoms with Gasteiger partial charge in [0.2, 0.25) is 5.89 Å². The number of carbonyl (C=O) groups excluding carboxylic acids is 2. The molecule has 4 aromatic rings. The maximum atomic E-state index is 13.4. The molecule has 1 aliphatic heterocycles. The Morgan fingerprint density at radius 3 is 2.78 bits per heavy atom. The molecular weight excluding hydrogens is 470 g/mol. The highest BCUT2D eigenvalue weighted by Crippen LogP contribution is 2.38. The highest BCUT2D eigenvalue weighted by Gasteiger charge is 2.34. The largest absolute Gasteiger partial charge is 0.484 e. The summed E-state index contributed by atoms with van der Waals surface area (Å²) in [7, 11) is 0. The summed E-state index contributed by atoms with van der Waals surface area (Å²) in [6.45, 7) is 2.70. The number of amides is 2. The van der Waals surface area contributed by atoms with Crippen LogP contribution in [0.3, 0.4) is 0 Å². The fourth-order valence-corrected chi connectivity index (χ4v) is 4.76. The fraction of sp³-hybridized carbons (Fsp3) is 0.276. The molecule has 37 heavy (non-hydrogen) atoms. The van der Waals surface area contributed by atoms with Crippen LogP contribution in [0, 0.1) is 6.92 Å². The first-order valence-electron chi connectivity index (χ1n) is 12.5. The third kappa shape index (κ3) is 4.87. The van der Waals surface area contributed by atoms with Crippen LogP contribution in [-0.4, -0.2) is 34.3 Å². The molecular formula is C29H27N3O5. The SMILES string of the molecule is Cc1cccc(C2c3cc(OCc4nc(C(=O)NC5CC5)co4)ccc3CCN2C(=O)c2ccco2)c1. The van der Waals surface area contributed by atoms with Crippen LogP contribution in [0.1, 0.15) is 68.1 Å². The normalized spacial score (nSPS) is 16.8. The summed E-state index contributed by atoms with van der Waals surface area (Å²) in [5.41, 5.74) is 4.57. The zero-order valence-corrected chi connectivity index (χ0v) is 20.5. The number of aromatic nitrogens is 1. The van der Waals surface area contributed by atoms with Crippen molar-refractivity contribution in [3.63, 3.8) is 0 Å². The van der Waals surface area contributed by atoms with Crippen molar-refractivity contribution >= 4 is 11.8 Å². The Morgan fingerprint density at radius 2 is 2.00 bits per heavy atom. The Balaban J connectivity index is 1.26. The molecule has 3 heterocycles. The monoisotopic (exact) mass is 497 g/mol. The number of aryl methyl sites for hydroxylation is 1. The van der Waals surface area contributed by atoms with Crippen LogP contribution in [0.4, 0.5) is 0 Å². The number of nitrogens with one attached hydrogen (secondary N) is 1. The number of oxazole rings is 1. The van der Waals surface area contributed by atoms with E-state index in [-0.39, 0.29) is 36.2 Å². The van der Waals surface area contributed by atoms with Crippen LogP contribution >= 0.6 is 0 Å². The molecule has 6 rings (SSSR count). The molecule has 1 fully saturated rings. The lowest BCUT2D eigenvalue weighted by Gasteiger charge is -2.37. The summed E-state index contributed by atoms with van der Waals surface area (Å²) in [6.07, 6.45) is 5.61. The minimum absolute atomic E-state index is 0.0830. The van der Waals surface area contributed by atoms with Crippen LogP contribution < -0.4 is 10.1 Å². The van der Waals surface area contributed by atoms with Gasteiger partial charge < -0.3 is 23.8 Å². The van der Waals surface area contributed by atoms with Gasteiger partial charge in [-0.1, -0.05) is 35.9 Å². The topological polar surface area (TPSA) is 97.8 Å². The average molecular weight is 498 g/mol. The van der Waals surface area contributed by atoms with Gasteiger partial charge in [-0.3, -0.25) is 9.59 Å². The van der Waals surface area contributed by atoms with Crippen LogP contribution in [0.2, 0.25) is 0 Å². The van der Waals surface area contributed by atoms with Crippen molar-refractivity contribution in [1.82, 2.24) is 15.2 Å². The zero-order chi connectivity index (χ0) is 25.4. The number of rotatable bonds is 7. The summed E-state index contributed by atoms with van der Waals surface area (Å²) in [6, 6.07) is 17.5. The van der Waals surface area contributed by atoms with Gasteiger partial charge in [0.25, 0.3) is 11.8 Å². The lowest BCUT2D eigenvalue weighted by Crippen LogP contribution is -2.40. The lowest BCUT2D eigenvalue weighted by atomic mass is 9.87. The molecule has 188 valence electrons. The zero-order valence-electron chi connectivity index (χ0n) is 20.5. The molecule has 0 spiro atoms. The molecule has 8 nitrogen and oxygen atoms in total. The Morgan fingerprint density at radius 1 is 1.11 bits per heavy atom.